The van der Waals surface area contributed by atoms with E-state index in [0.717, 1.165) is 0 Å². The lowest BCUT2D eigenvalue weighted by atomic mass is 10.5. The summed E-state index contributed by atoms with van der Waals surface area (Å²) in [5.41, 5.74) is 0. The maximum atomic E-state index is 10.9. The van der Waals surface area contributed by atoms with E-state index in [1.165, 1.54) is 0 Å². The maximum absolute atomic E-state index is 10.9. The van der Waals surface area contributed by atoms with Crippen LogP contribution in [0.2, 0.25) is 0 Å². The van der Waals surface area contributed by atoms with Crippen molar-refractivity contribution in [2.24, 2.45) is 9.98 Å². The molecule has 2 amide bonds. The van der Waals surface area contributed by atoms with Crippen LogP contribution in [0.3, 0.4) is 0 Å². The van der Waals surface area contributed by atoms with E-state index in [1.54, 1.807) is 6.21 Å². The minimum atomic E-state index is -0.232. The molecule has 12 heavy (non-hydrogen) atoms. The molecule has 5 heteroatoms. The number of carbonyl (C=O) groups excluding carboxylic acids is 1. The van der Waals surface area contributed by atoms with E-state index in [0.29, 0.717) is 25.5 Å². The largest absolute Gasteiger partial charge is 0.338 e. The smallest absolute Gasteiger partial charge is 0.320 e. The van der Waals surface area contributed by atoms with E-state index >= 15 is 0 Å². The standard InChI is InChI=1S/C7H12N4O/c1-2-9-7(12)11-6-5-8-3-4-10-6/h5H,2-4H2,1H3,(H2,9,10,11,12). The van der Waals surface area contributed by atoms with Gasteiger partial charge < -0.3 is 5.32 Å². The molecule has 1 aliphatic heterocycles. The molecule has 0 bridgehead atoms. The van der Waals surface area contributed by atoms with Crippen molar-refractivity contribution in [2.75, 3.05) is 19.6 Å². The monoisotopic (exact) mass is 168 g/mol. The third kappa shape index (κ3) is 2.69. The number of urea groups is 1. The van der Waals surface area contributed by atoms with Crippen molar-refractivity contribution in [1.82, 2.24) is 10.6 Å². The van der Waals surface area contributed by atoms with Crippen LogP contribution in [0.15, 0.2) is 9.98 Å². The van der Waals surface area contributed by atoms with Gasteiger partial charge in [0, 0.05) is 6.54 Å². The first-order valence-corrected chi connectivity index (χ1v) is 3.92. The molecule has 0 aromatic carbocycles. The van der Waals surface area contributed by atoms with Gasteiger partial charge in [-0.15, -0.1) is 0 Å². The Kier molecular flexibility index (Phi) is 3.25. The molecule has 0 unspecified atom stereocenters. The minimum Gasteiger partial charge on any atom is -0.338 e. The molecule has 1 aliphatic rings. The van der Waals surface area contributed by atoms with Crippen molar-refractivity contribution in [3.05, 3.63) is 0 Å². The Balaban J connectivity index is 2.35. The number of hydrogen-bond donors (Lipinski definition) is 2. The Morgan fingerprint density at radius 1 is 1.67 bits per heavy atom. The number of nitrogens with one attached hydrogen (secondary N) is 2. The van der Waals surface area contributed by atoms with Gasteiger partial charge in [0.2, 0.25) is 0 Å². The maximum Gasteiger partial charge on any atom is 0.320 e. The predicted octanol–water partition coefficient (Wildman–Crippen LogP) is -0.212. The average molecular weight is 168 g/mol. The Bertz CT molecular complexity index is 221. The van der Waals surface area contributed by atoms with Crippen LogP contribution >= 0.6 is 0 Å². The highest BCUT2D eigenvalue weighted by Gasteiger charge is 2.03. The summed E-state index contributed by atoms with van der Waals surface area (Å²) in [6.07, 6.45) is 1.57. The molecule has 0 saturated heterocycles. The van der Waals surface area contributed by atoms with Crippen LogP contribution < -0.4 is 10.6 Å². The van der Waals surface area contributed by atoms with Crippen LogP contribution in [0.1, 0.15) is 6.92 Å². The normalized spacial score (nSPS) is 15.2. The van der Waals surface area contributed by atoms with Gasteiger partial charge in [0.05, 0.1) is 19.3 Å². The number of hydrogen-bond acceptors (Lipinski definition) is 3. The molecule has 1 rings (SSSR count). The van der Waals surface area contributed by atoms with E-state index in [-0.39, 0.29) is 6.03 Å². The van der Waals surface area contributed by atoms with Gasteiger partial charge in [0.25, 0.3) is 0 Å². The number of aliphatic imine (C=N–C) groups is 2. The molecule has 2 N–H and O–H groups in total. The zero-order valence-corrected chi connectivity index (χ0v) is 7.00. The quantitative estimate of drug-likeness (QED) is 0.559. The van der Waals surface area contributed by atoms with E-state index in [9.17, 15) is 4.79 Å². The lowest BCUT2D eigenvalue weighted by molar-refractivity contribution is 0.246. The van der Waals surface area contributed by atoms with Crippen LogP contribution in [0.4, 0.5) is 4.79 Å². The SMILES string of the molecule is CCNC(=O)NC1=NCCN=C1. The highest BCUT2D eigenvalue weighted by molar-refractivity contribution is 6.32. The molecule has 66 valence electrons. The van der Waals surface area contributed by atoms with E-state index in [1.807, 2.05) is 6.92 Å². The second-order valence-corrected chi connectivity index (χ2v) is 2.29. The fourth-order valence-electron chi connectivity index (χ4n) is 0.813. The average Bonchev–Trinajstić information content (AvgIpc) is 2.06. The topological polar surface area (TPSA) is 65.8 Å². The first-order valence-electron chi connectivity index (χ1n) is 3.92. The van der Waals surface area contributed by atoms with Crippen LogP contribution in [-0.2, 0) is 0 Å². The van der Waals surface area contributed by atoms with Crippen molar-refractivity contribution in [3.8, 4) is 0 Å². The number of rotatable bonds is 1. The summed E-state index contributed by atoms with van der Waals surface area (Å²) < 4.78 is 0. The molecule has 0 spiro atoms. The summed E-state index contributed by atoms with van der Waals surface area (Å²) >= 11 is 0. The van der Waals surface area contributed by atoms with Gasteiger partial charge in [-0.1, -0.05) is 0 Å². The van der Waals surface area contributed by atoms with Gasteiger partial charge in [-0.3, -0.25) is 15.3 Å². The van der Waals surface area contributed by atoms with Crippen molar-refractivity contribution >= 4 is 18.1 Å². The highest BCUT2D eigenvalue weighted by Crippen LogP contribution is 1.82. The number of carbonyl (C=O) groups is 1. The fraction of sp³-hybridized carbons (Fsp3) is 0.571. The Hall–Kier alpha value is -1.39. The summed E-state index contributed by atoms with van der Waals surface area (Å²) in [7, 11) is 0. The van der Waals surface area contributed by atoms with Gasteiger partial charge in [-0.05, 0) is 6.92 Å². The van der Waals surface area contributed by atoms with Gasteiger partial charge in [-0.25, -0.2) is 4.79 Å². The van der Waals surface area contributed by atoms with Gasteiger partial charge in [-0.2, -0.15) is 0 Å². The zero-order valence-electron chi connectivity index (χ0n) is 7.00. The second kappa shape index (κ2) is 4.48. The molecule has 0 aliphatic carbocycles. The molecule has 0 fully saturated rings. The number of nitrogens with zero attached hydrogens (tertiary/aromatic N) is 2. The summed E-state index contributed by atoms with van der Waals surface area (Å²) in [6.45, 7) is 3.82. The molecule has 0 aromatic heterocycles. The van der Waals surface area contributed by atoms with Gasteiger partial charge in [0.15, 0.2) is 0 Å². The van der Waals surface area contributed by atoms with Gasteiger partial charge >= 0.3 is 6.03 Å². The molecule has 0 radical (unpaired) electrons. The predicted molar refractivity (Wildman–Crippen MR) is 47.9 cm³/mol. The number of amidine groups is 1. The molecule has 0 atom stereocenters. The van der Waals surface area contributed by atoms with Crippen LogP contribution in [-0.4, -0.2) is 37.7 Å². The molecule has 0 saturated carbocycles. The van der Waals surface area contributed by atoms with Crippen molar-refractivity contribution in [1.29, 1.82) is 0 Å². The third-order valence-electron chi connectivity index (χ3n) is 1.30. The first-order chi connectivity index (χ1) is 5.83. The van der Waals surface area contributed by atoms with Crippen LogP contribution in [0.25, 0.3) is 0 Å². The molecule has 5 nitrogen and oxygen atoms in total. The highest BCUT2D eigenvalue weighted by atomic mass is 16.2. The van der Waals surface area contributed by atoms with Crippen molar-refractivity contribution in [3.63, 3.8) is 0 Å². The Morgan fingerprint density at radius 2 is 2.50 bits per heavy atom. The summed E-state index contributed by atoms with van der Waals surface area (Å²) in [6, 6.07) is -0.232. The molecular formula is C7H12N4O. The summed E-state index contributed by atoms with van der Waals surface area (Å²) in [5.74, 6) is 0.534. The first kappa shape index (κ1) is 8.70. The summed E-state index contributed by atoms with van der Waals surface area (Å²) in [5, 5.41) is 5.17. The minimum absolute atomic E-state index is 0.232. The van der Waals surface area contributed by atoms with Crippen molar-refractivity contribution < 1.29 is 4.79 Å². The fourth-order valence-corrected chi connectivity index (χ4v) is 0.813. The summed E-state index contributed by atoms with van der Waals surface area (Å²) in [4.78, 5) is 19.0. The molecule has 0 aromatic rings. The second-order valence-electron chi connectivity index (χ2n) is 2.29. The van der Waals surface area contributed by atoms with E-state index < -0.39 is 0 Å². The van der Waals surface area contributed by atoms with E-state index in [2.05, 4.69) is 20.6 Å². The lowest BCUT2D eigenvalue weighted by Gasteiger charge is -2.07. The van der Waals surface area contributed by atoms with Crippen LogP contribution in [0.5, 0.6) is 0 Å². The molecular weight excluding hydrogens is 156 g/mol. The van der Waals surface area contributed by atoms with Crippen molar-refractivity contribution in [2.45, 2.75) is 6.92 Å². The third-order valence-corrected chi connectivity index (χ3v) is 1.30. The van der Waals surface area contributed by atoms with E-state index in [4.69, 9.17) is 0 Å². The Morgan fingerprint density at radius 3 is 3.08 bits per heavy atom. The lowest BCUT2D eigenvalue weighted by Crippen LogP contribution is -2.40. The molecule has 1 heterocycles. The Labute approximate surface area is 71.0 Å². The number of amides is 2. The zero-order chi connectivity index (χ0) is 8.81. The van der Waals surface area contributed by atoms with Crippen LogP contribution in [0, 0.1) is 0 Å². The van der Waals surface area contributed by atoms with Gasteiger partial charge in [0.1, 0.15) is 5.84 Å².